The molecular formula is C15H19N3O2. The lowest BCUT2D eigenvalue weighted by molar-refractivity contribution is 0.671. The van der Waals surface area contributed by atoms with Crippen LogP contribution in [0, 0.1) is 0 Å². The monoisotopic (exact) mass is 273 g/mol. The molecule has 0 fully saturated rings. The molecule has 2 rings (SSSR count). The number of rotatable bonds is 4. The summed E-state index contributed by atoms with van der Waals surface area (Å²) in [5, 5.41) is 3.20. The van der Waals surface area contributed by atoms with E-state index in [1.165, 1.54) is 17.2 Å². The first-order valence-corrected chi connectivity index (χ1v) is 6.61. The van der Waals surface area contributed by atoms with E-state index in [0.29, 0.717) is 12.1 Å². The first-order valence-electron chi connectivity index (χ1n) is 6.61. The summed E-state index contributed by atoms with van der Waals surface area (Å²) in [5.41, 5.74) is 2.22. The van der Waals surface area contributed by atoms with Gasteiger partial charge in [0.1, 0.15) is 0 Å². The normalized spacial score (nSPS) is 10.6. The maximum Gasteiger partial charge on any atom is 0.330 e. The van der Waals surface area contributed by atoms with Crippen LogP contribution in [-0.2, 0) is 27.1 Å². The van der Waals surface area contributed by atoms with Crippen LogP contribution in [0.5, 0.6) is 0 Å². The van der Waals surface area contributed by atoms with E-state index in [4.69, 9.17) is 0 Å². The highest BCUT2D eigenvalue weighted by atomic mass is 16.2. The topological polar surface area (TPSA) is 56.0 Å². The Morgan fingerprint density at radius 3 is 2.35 bits per heavy atom. The highest BCUT2D eigenvalue weighted by molar-refractivity contribution is 5.44. The molecule has 0 unspecified atom stereocenters. The molecule has 0 saturated heterocycles. The SMILES string of the molecule is CCc1ccc(NCc2cn(C)c(=O)n(C)c2=O)cc1. The lowest BCUT2D eigenvalue weighted by Gasteiger charge is -2.09. The minimum Gasteiger partial charge on any atom is -0.381 e. The third-order valence-corrected chi connectivity index (χ3v) is 3.36. The standard InChI is InChI=1S/C15H19N3O2/c1-4-11-5-7-13(8-6-11)16-9-12-10-17(2)15(20)18(3)14(12)19/h5-8,10,16H,4,9H2,1-3H3. The Labute approximate surface area is 117 Å². The summed E-state index contributed by atoms with van der Waals surface area (Å²) in [7, 11) is 3.13. The molecule has 0 saturated carbocycles. The largest absolute Gasteiger partial charge is 0.381 e. The molecule has 5 nitrogen and oxygen atoms in total. The second kappa shape index (κ2) is 5.77. The molecule has 1 N–H and O–H groups in total. The number of hydrogen-bond donors (Lipinski definition) is 1. The van der Waals surface area contributed by atoms with Gasteiger partial charge in [0.05, 0.1) is 5.56 Å². The van der Waals surface area contributed by atoms with Crippen molar-refractivity contribution in [2.75, 3.05) is 5.32 Å². The number of aromatic nitrogens is 2. The highest BCUT2D eigenvalue weighted by Gasteiger charge is 2.06. The minimum atomic E-state index is -0.314. The van der Waals surface area contributed by atoms with Gasteiger partial charge in [0.15, 0.2) is 0 Å². The van der Waals surface area contributed by atoms with Crippen LogP contribution in [0.2, 0.25) is 0 Å². The molecule has 0 atom stereocenters. The number of hydrogen-bond acceptors (Lipinski definition) is 3. The van der Waals surface area contributed by atoms with E-state index in [2.05, 4.69) is 24.4 Å². The van der Waals surface area contributed by atoms with Crippen LogP contribution in [-0.4, -0.2) is 9.13 Å². The molecule has 1 aromatic carbocycles. The van der Waals surface area contributed by atoms with E-state index < -0.39 is 0 Å². The van der Waals surface area contributed by atoms with Crippen LogP contribution in [0.4, 0.5) is 5.69 Å². The van der Waals surface area contributed by atoms with Crippen LogP contribution in [0.25, 0.3) is 0 Å². The van der Waals surface area contributed by atoms with Gasteiger partial charge >= 0.3 is 5.69 Å². The fourth-order valence-corrected chi connectivity index (χ4v) is 2.06. The lowest BCUT2D eigenvalue weighted by atomic mass is 10.1. The molecule has 20 heavy (non-hydrogen) atoms. The second-order valence-electron chi connectivity index (χ2n) is 4.82. The zero-order valence-corrected chi connectivity index (χ0v) is 12.0. The van der Waals surface area contributed by atoms with Gasteiger partial charge in [0.2, 0.25) is 0 Å². The molecule has 106 valence electrons. The molecule has 1 aromatic heterocycles. The van der Waals surface area contributed by atoms with E-state index in [1.54, 1.807) is 13.2 Å². The number of nitrogens with one attached hydrogen (secondary N) is 1. The fraction of sp³-hybridized carbons (Fsp3) is 0.333. The van der Waals surface area contributed by atoms with E-state index in [1.807, 2.05) is 12.1 Å². The van der Waals surface area contributed by atoms with Gasteiger partial charge < -0.3 is 9.88 Å². The zero-order chi connectivity index (χ0) is 14.7. The molecular weight excluding hydrogens is 254 g/mol. The van der Waals surface area contributed by atoms with Gasteiger partial charge in [0, 0.05) is 32.5 Å². The molecule has 0 bridgehead atoms. The molecule has 0 aliphatic rings. The second-order valence-corrected chi connectivity index (χ2v) is 4.82. The van der Waals surface area contributed by atoms with Gasteiger partial charge in [-0.05, 0) is 24.1 Å². The molecule has 0 aliphatic carbocycles. The Hall–Kier alpha value is -2.30. The van der Waals surface area contributed by atoms with Gasteiger partial charge in [-0.15, -0.1) is 0 Å². The predicted octanol–water partition coefficient (Wildman–Crippen LogP) is 1.26. The average molecular weight is 273 g/mol. The first-order chi connectivity index (χ1) is 9.52. The van der Waals surface area contributed by atoms with Crippen molar-refractivity contribution in [3.05, 3.63) is 62.4 Å². The quantitative estimate of drug-likeness (QED) is 0.912. The van der Waals surface area contributed by atoms with Crippen molar-refractivity contribution in [3.63, 3.8) is 0 Å². The van der Waals surface area contributed by atoms with Crippen molar-refractivity contribution in [3.8, 4) is 0 Å². The van der Waals surface area contributed by atoms with E-state index in [0.717, 1.165) is 16.7 Å². The van der Waals surface area contributed by atoms with Crippen molar-refractivity contribution in [2.45, 2.75) is 19.9 Å². The molecule has 0 aliphatic heterocycles. The zero-order valence-electron chi connectivity index (χ0n) is 12.0. The van der Waals surface area contributed by atoms with Crippen LogP contribution < -0.4 is 16.6 Å². The summed E-state index contributed by atoms with van der Waals surface area (Å²) < 4.78 is 2.54. The Balaban J connectivity index is 2.18. The average Bonchev–Trinajstić information content (AvgIpc) is 2.48. The Bertz CT molecular complexity index is 711. The summed E-state index contributed by atoms with van der Waals surface area (Å²) in [5.74, 6) is 0. The smallest absolute Gasteiger partial charge is 0.330 e. The van der Waals surface area contributed by atoms with E-state index >= 15 is 0 Å². The Morgan fingerprint density at radius 1 is 1.10 bits per heavy atom. The number of aryl methyl sites for hydroxylation is 2. The molecule has 2 aromatic rings. The van der Waals surface area contributed by atoms with Crippen molar-refractivity contribution in [1.29, 1.82) is 0 Å². The molecule has 5 heteroatoms. The molecule has 0 amide bonds. The number of benzene rings is 1. The summed E-state index contributed by atoms with van der Waals surface area (Å²) in [6, 6.07) is 8.10. The van der Waals surface area contributed by atoms with Crippen molar-refractivity contribution in [1.82, 2.24) is 9.13 Å². The van der Waals surface area contributed by atoms with Crippen LogP contribution >= 0.6 is 0 Å². The van der Waals surface area contributed by atoms with Gasteiger partial charge in [-0.1, -0.05) is 19.1 Å². The van der Waals surface area contributed by atoms with Gasteiger partial charge in [0.25, 0.3) is 5.56 Å². The third-order valence-electron chi connectivity index (χ3n) is 3.36. The summed E-state index contributed by atoms with van der Waals surface area (Å²) in [4.78, 5) is 23.6. The minimum absolute atomic E-state index is 0.259. The van der Waals surface area contributed by atoms with Crippen LogP contribution in [0.3, 0.4) is 0 Å². The van der Waals surface area contributed by atoms with Crippen molar-refractivity contribution in [2.24, 2.45) is 14.1 Å². The third kappa shape index (κ3) is 2.82. The van der Waals surface area contributed by atoms with E-state index in [-0.39, 0.29) is 11.2 Å². The van der Waals surface area contributed by atoms with Crippen LogP contribution in [0.15, 0.2) is 40.1 Å². The van der Waals surface area contributed by atoms with Crippen molar-refractivity contribution < 1.29 is 0 Å². The lowest BCUT2D eigenvalue weighted by Crippen LogP contribution is -2.38. The number of anilines is 1. The van der Waals surface area contributed by atoms with Gasteiger partial charge in [-0.3, -0.25) is 9.36 Å². The Kier molecular flexibility index (Phi) is 4.08. The fourth-order valence-electron chi connectivity index (χ4n) is 2.06. The Morgan fingerprint density at radius 2 is 1.75 bits per heavy atom. The van der Waals surface area contributed by atoms with E-state index in [9.17, 15) is 9.59 Å². The number of nitrogens with zero attached hydrogens (tertiary/aromatic N) is 2. The molecule has 0 spiro atoms. The summed E-state index contributed by atoms with van der Waals surface area (Å²) in [6.45, 7) is 2.50. The van der Waals surface area contributed by atoms with Crippen molar-refractivity contribution >= 4 is 5.69 Å². The maximum absolute atomic E-state index is 12.0. The van der Waals surface area contributed by atoms with Gasteiger partial charge in [-0.2, -0.15) is 0 Å². The maximum atomic E-state index is 12.0. The summed E-state index contributed by atoms with van der Waals surface area (Å²) in [6.07, 6.45) is 2.58. The van der Waals surface area contributed by atoms with Crippen LogP contribution in [0.1, 0.15) is 18.1 Å². The van der Waals surface area contributed by atoms with Gasteiger partial charge in [-0.25, -0.2) is 4.79 Å². The summed E-state index contributed by atoms with van der Waals surface area (Å²) >= 11 is 0. The molecule has 1 heterocycles. The molecule has 0 radical (unpaired) electrons. The highest BCUT2D eigenvalue weighted by Crippen LogP contribution is 2.10. The predicted molar refractivity (Wildman–Crippen MR) is 80.1 cm³/mol. The first kappa shape index (κ1) is 14.1.